The second-order valence-electron chi connectivity index (χ2n) is 5.10. The smallest absolute Gasteiger partial charge is 0.258 e. The minimum atomic E-state index is -0.848. The van der Waals surface area contributed by atoms with E-state index in [0.717, 1.165) is 4.47 Å². The number of amides is 2. The lowest BCUT2D eigenvalue weighted by Crippen LogP contribution is -2.39. The van der Waals surface area contributed by atoms with Gasteiger partial charge in [-0.05, 0) is 37.6 Å². The number of halogens is 1. The van der Waals surface area contributed by atoms with Crippen LogP contribution in [0.2, 0.25) is 0 Å². The third kappa shape index (κ3) is 3.22. The molecule has 0 spiro atoms. The molecule has 22 heavy (non-hydrogen) atoms. The first-order chi connectivity index (χ1) is 10.3. The lowest BCUT2D eigenvalue weighted by molar-refractivity contribution is -0.122. The SMILES string of the molecule is Cc1cc(C(=O)N(C)C(C(N)=O)c2cccc(Br)c2)c(C)o1. The lowest BCUT2D eigenvalue weighted by atomic mass is 10.0. The van der Waals surface area contributed by atoms with Gasteiger partial charge in [0, 0.05) is 11.5 Å². The van der Waals surface area contributed by atoms with Crippen molar-refractivity contribution in [1.29, 1.82) is 0 Å². The fourth-order valence-corrected chi connectivity index (χ4v) is 2.82. The molecule has 2 rings (SSSR count). The number of hydrogen-bond donors (Lipinski definition) is 1. The molecule has 0 aliphatic rings. The highest BCUT2D eigenvalue weighted by molar-refractivity contribution is 9.10. The first kappa shape index (κ1) is 16.3. The van der Waals surface area contributed by atoms with Crippen molar-refractivity contribution >= 4 is 27.7 Å². The summed E-state index contributed by atoms with van der Waals surface area (Å²) in [5.74, 6) is 0.268. The van der Waals surface area contributed by atoms with Gasteiger partial charge in [-0.1, -0.05) is 28.1 Å². The van der Waals surface area contributed by atoms with Crippen LogP contribution in [-0.4, -0.2) is 23.8 Å². The van der Waals surface area contributed by atoms with Gasteiger partial charge in [-0.15, -0.1) is 0 Å². The zero-order chi connectivity index (χ0) is 16.4. The average molecular weight is 365 g/mol. The molecule has 0 saturated carbocycles. The molecule has 2 aromatic rings. The standard InChI is InChI=1S/C16H17BrN2O3/c1-9-7-13(10(2)22-9)16(21)19(3)14(15(18)20)11-5-4-6-12(17)8-11/h4-8,14H,1-3H3,(H2,18,20). The van der Waals surface area contributed by atoms with E-state index >= 15 is 0 Å². The molecule has 2 N–H and O–H groups in total. The summed E-state index contributed by atoms with van der Waals surface area (Å²) < 4.78 is 6.19. The molecule has 0 aliphatic carbocycles. The van der Waals surface area contributed by atoms with E-state index in [1.807, 2.05) is 6.07 Å². The van der Waals surface area contributed by atoms with Gasteiger partial charge in [0.05, 0.1) is 5.56 Å². The van der Waals surface area contributed by atoms with Crippen LogP contribution in [0.25, 0.3) is 0 Å². The van der Waals surface area contributed by atoms with Crippen LogP contribution in [0.3, 0.4) is 0 Å². The molecule has 0 radical (unpaired) electrons. The molecule has 2 amide bonds. The normalized spacial score (nSPS) is 12.0. The van der Waals surface area contributed by atoms with Gasteiger partial charge in [0.15, 0.2) is 0 Å². The van der Waals surface area contributed by atoms with Crippen molar-refractivity contribution < 1.29 is 14.0 Å². The number of hydrogen-bond acceptors (Lipinski definition) is 3. The Morgan fingerprint density at radius 2 is 1.95 bits per heavy atom. The molecule has 0 fully saturated rings. The van der Waals surface area contributed by atoms with E-state index in [2.05, 4.69) is 15.9 Å². The Bertz CT molecular complexity index is 724. The summed E-state index contributed by atoms with van der Waals surface area (Å²) in [4.78, 5) is 25.8. The van der Waals surface area contributed by atoms with Crippen LogP contribution in [0.1, 0.15) is 33.5 Å². The minimum absolute atomic E-state index is 0.307. The van der Waals surface area contributed by atoms with E-state index in [9.17, 15) is 9.59 Å². The maximum Gasteiger partial charge on any atom is 0.258 e. The van der Waals surface area contributed by atoms with Crippen LogP contribution in [0.5, 0.6) is 0 Å². The third-order valence-electron chi connectivity index (χ3n) is 3.41. The highest BCUT2D eigenvalue weighted by Gasteiger charge is 2.29. The Kier molecular flexibility index (Phi) is 4.71. The summed E-state index contributed by atoms with van der Waals surface area (Å²) >= 11 is 3.36. The van der Waals surface area contributed by atoms with Crippen LogP contribution in [0.4, 0.5) is 0 Å². The lowest BCUT2D eigenvalue weighted by Gasteiger charge is -2.26. The largest absolute Gasteiger partial charge is 0.466 e. The number of rotatable bonds is 4. The molecule has 1 heterocycles. The average Bonchev–Trinajstić information content (AvgIpc) is 2.76. The Balaban J connectivity index is 2.38. The minimum Gasteiger partial charge on any atom is -0.466 e. The molecule has 1 unspecified atom stereocenters. The summed E-state index contributed by atoms with van der Waals surface area (Å²) in [5, 5.41) is 0. The predicted octanol–water partition coefficient (Wildman–Crippen LogP) is 2.96. The number of carbonyl (C=O) groups is 2. The Hall–Kier alpha value is -2.08. The Morgan fingerprint density at radius 3 is 2.45 bits per heavy atom. The van der Waals surface area contributed by atoms with Crippen molar-refractivity contribution in [3.63, 3.8) is 0 Å². The number of aryl methyl sites for hydroxylation is 2. The maximum absolute atomic E-state index is 12.6. The number of benzene rings is 1. The molecular formula is C16H17BrN2O3. The fraction of sp³-hybridized carbons (Fsp3) is 0.250. The number of nitrogens with zero attached hydrogens (tertiary/aromatic N) is 1. The van der Waals surface area contributed by atoms with Crippen LogP contribution in [0, 0.1) is 13.8 Å². The number of carbonyl (C=O) groups excluding carboxylic acids is 2. The van der Waals surface area contributed by atoms with Gasteiger partial charge in [0.1, 0.15) is 17.6 Å². The number of primary amides is 1. The second kappa shape index (κ2) is 6.36. The van der Waals surface area contributed by atoms with Gasteiger partial charge in [0.25, 0.3) is 5.91 Å². The van der Waals surface area contributed by atoms with E-state index in [1.54, 1.807) is 45.2 Å². The van der Waals surface area contributed by atoms with Crippen LogP contribution >= 0.6 is 15.9 Å². The number of likely N-dealkylation sites (N-methyl/N-ethyl adjacent to an activating group) is 1. The topological polar surface area (TPSA) is 76.5 Å². The quantitative estimate of drug-likeness (QED) is 0.905. The van der Waals surface area contributed by atoms with Crippen molar-refractivity contribution in [3.05, 3.63) is 57.5 Å². The van der Waals surface area contributed by atoms with Gasteiger partial charge in [0.2, 0.25) is 5.91 Å². The van der Waals surface area contributed by atoms with Crippen LogP contribution in [-0.2, 0) is 4.79 Å². The van der Waals surface area contributed by atoms with Gasteiger partial charge < -0.3 is 15.1 Å². The zero-order valence-electron chi connectivity index (χ0n) is 12.6. The zero-order valence-corrected chi connectivity index (χ0v) is 14.2. The van der Waals surface area contributed by atoms with Gasteiger partial charge >= 0.3 is 0 Å². The molecule has 0 saturated heterocycles. The molecule has 1 atom stereocenters. The second-order valence-corrected chi connectivity index (χ2v) is 6.02. The molecule has 1 aromatic carbocycles. The van der Waals surface area contributed by atoms with Crippen molar-refractivity contribution in [3.8, 4) is 0 Å². The summed E-state index contributed by atoms with van der Waals surface area (Å²) in [6.45, 7) is 3.48. The summed E-state index contributed by atoms with van der Waals surface area (Å²) in [6, 6.07) is 7.98. The van der Waals surface area contributed by atoms with E-state index in [1.165, 1.54) is 4.90 Å². The first-order valence-electron chi connectivity index (χ1n) is 6.70. The van der Waals surface area contributed by atoms with E-state index in [-0.39, 0.29) is 5.91 Å². The van der Waals surface area contributed by atoms with Crippen molar-refractivity contribution in [2.75, 3.05) is 7.05 Å². The predicted molar refractivity (Wildman–Crippen MR) is 86.4 cm³/mol. The fourth-order valence-electron chi connectivity index (χ4n) is 2.41. The summed E-state index contributed by atoms with van der Waals surface area (Å²) in [5.41, 5.74) is 6.59. The van der Waals surface area contributed by atoms with Gasteiger partial charge in [-0.25, -0.2) is 0 Å². The van der Waals surface area contributed by atoms with E-state index in [0.29, 0.717) is 22.6 Å². The first-order valence-corrected chi connectivity index (χ1v) is 7.49. The monoisotopic (exact) mass is 364 g/mol. The van der Waals surface area contributed by atoms with E-state index in [4.69, 9.17) is 10.2 Å². The molecule has 1 aromatic heterocycles. The Morgan fingerprint density at radius 1 is 1.27 bits per heavy atom. The third-order valence-corrected chi connectivity index (χ3v) is 3.91. The summed E-state index contributed by atoms with van der Waals surface area (Å²) in [7, 11) is 1.56. The van der Waals surface area contributed by atoms with Crippen LogP contribution < -0.4 is 5.73 Å². The van der Waals surface area contributed by atoms with E-state index < -0.39 is 11.9 Å². The molecule has 116 valence electrons. The van der Waals surface area contributed by atoms with Gasteiger partial charge in [-0.3, -0.25) is 9.59 Å². The van der Waals surface area contributed by atoms with Crippen molar-refractivity contribution in [2.24, 2.45) is 5.73 Å². The van der Waals surface area contributed by atoms with Crippen molar-refractivity contribution in [1.82, 2.24) is 4.90 Å². The van der Waals surface area contributed by atoms with Crippen LogP contribution in [0.15, 0.2) is 39.2 Å². The Labute approximate surface area is 137 Å². The highest BCUT2D eigenvalue weighted by Crippen LogP contribution is 2.25. The molecule has 6 heteroatoms. The van der Waals surface area contributed by atoms with Crippen molar-refractivity contribution in [2.45, 2.75) is 19.9 Å². The molecular weight excluding hydrogens is 348 g/mol. The maximum atomic E-state index is 12.6. The molecule has 0 aliphatic heterocycles. The van der Waals surface area contributed by atoms with Gasteiger partial charge in [-0.2, -0.15) is 0 Å². The summed E-state index contributed by atoms with van der Waals surface area (Å²) in [6.07, 6.45) is 0. The highest BCUT2D eigenvalue weighted by atomic mass is 79.9. The number of furan rings is 1. The molecule has 5 nitrogen and oxygen atoms in total. The number of nitrogens with two attached hydrogens (primary N) is 1. The molecule has 0 bridgehead atoms.